The largest absolute Gasteiger partial charge is 0.484 e. The van der Waals surface area contributed by atoms with Gasteiger partial charge in [-0.25, -0.2) is 4.39 Å². The number of halogens is 1. The number of benzene rings is 1. The molecule has 2 nitrogen and oxygen atoms in total. The number of rotatable bonds is 4. The van der Waals surface area contributed by atoms with Crippen LogP contribution in [-0.4, -0.2) is 11.8 Å². The van der Waals surface area contributed by atoms with Gasteiger partial charge >= 0.3 is 0 Å². The molecular weight excluding hydrogens is 201 g/mol. The Morgan fingerprint density at radius 3 is 3.07 bits per heavy atom. The van der Waals surface area contributed by atoms with Gasteiger partial charge in [0.05, 0.1) is 5.16 Å². The summed E-state index contributed by atoms with van der Waals surface area (Å²) >= 11 is 4.43. The highest BCUT2D eigenvalue weighted by Gasteiger charge is 2.07. The van der Waals surface area contributed by atoms with Crippen molar-refractivity contribution in [1.82, 2.24) is 0 Å². The van der Waals surface area contributed by atoms with Crippen LogP contribution >= 0.6 is 12.2 Å². The van der Waals surface area contributed by atoms with Crippen LogP contribution in [0.4, 0.5) is 10.1 Å². The number of ether oxygens (including phenoxy) is 1. The average Bonchev–Trinajstić information content (AvgIpc) is 2.18. The molecule has 0 bridgehead atoms. The molecule has 0 aliphatic carbocycles. The number of hydrogen-bond acceptors (Lipinski definition) is 3. The van der Waals surface area contributed by atoms with Gasteiger partial charge in [-0.1, -0.05) is 18.7 Å². The quantitative estimate of drug-likeness (QED) is 0.431. The summed E-state index contributed by atoms with van der Waals surface area (Å²) in [4.78, 5) is 3.69. The molecule has 0 fully saturated rings. The molecule has 0 heterocycles. The lowest BCUT2D eigenvalue weighted by molar-refractivity contribution is 0.343. The fourth-order valence-electron chi connectivity index (χ4n) is 0.920. The SMILES string of the molecule is C=CCOc1c(F)cccc1N=C=S. The molecule has 0 aliphatic heterocycles. The molecule has 0 atom stereocenters. The first-order valence-electron chi connectivity index (χ1n) is 3.89. The summed E-state index contributed by atoms with van der Waals surface area (Å²) in [5.74, 6) is -0.400. The topological polar surface area (TPSA) is 21.6 Å². The van der Waals surface area contributed by atoms with E-state index in [1.807, 2.05) is 0 Å². The Morgan fingerprint density at radius 2 is 2.43 bits per heavy atom. The second-order valence-electron chi connectivity index (χ2n) is 2.39. The Kier molecular flexibility index (Phi) is 3.98. The molecular formula is C10H8FNOS. The van der Waals surface area contributed by atoms with Crippen molar-refractivity contribution in [3.63, 3.8) is 0 Å². The highest BCUT2D eigenvalue weighted by atomic mass is 32.1. The summed E-state index contributed by atoms with van der Waals surface area (Å²) in [6.45, 7) is 3.69. The summed E-state index contributed by atoms with van der Waals surface area (Å²) in [5, 5.41) is 2.16. The van der Waals surface area contributed by atoms with Crippen LogP contribution in [0.2, 0.25) is 0 Å². The molecule has 0 unspecified atom stereocenters. The second-order valence-corrected chi connectivity index (χ2v) is 2.57. The fraction of sp³-hybridized carbons (Fsp3) is 0.100. The maximum Gasteiger partial charge on any atom is 0.181 e. The number of nitrogens with zero attached hydrogens (tertiary/aromatic N) is 1. The molecule has 1 aromatic rings. The third-order valence-electron chi connectivity index (χ3n) is 1.46. The monoisotopic (exact) mass is 209 g/mol. The van der Waals surface area contributed by atoms with Crippen LogP contribution in [0.25, 0.3) is 0 Å². The number of isothiocyanates is 1. The van der Waals surface area contributed by atoms with E-state index in [9.17, 15) is 4.39 Å². The molecule has 0 saturated carbocycles. The van der Waals surface area contributed by atoms with Gasteiger partial charge in [0.2, 0.25) is 0 Å². The fourth-order valence-corrected chi connectivity index (χ4v) is 1.02. The van der Waals surface area contributed by atoms with Crippen LogP contribution in [0.5, 0.6) is 5.75 Å². The highest BCUT2D eigenvalue weighted by Crippen LogP contribution is 2.29. The molecule has 1 aromatic carbocycles. The lowest BCUT2D eigenvalue weighted by Gasteiger charge is -2.06. The van der Waals surface area contributed by atoms with Crippen LogP contribution in [0, 0.1) is 5.82 Å². The highest BCUT2D eigenvalue weighted by molar-refractivity contribution is 7.78. The van der Waals surface area contributed by atoms with Gasteiger partial charge in [-0.05, 0) is 24.4 Å². The van der Waals surface area contributed by atoms with E-state index in [-0.39, 0.29) is 12.4 Å². The molecule has 0 N–H and O–H groups in total. The lowest BCUT2D eigenvalue weighted by atomic mass is 10.3. The van der Waals surface area contributed by atoms with Crippen LogP contribution in [-0.2, 0) is 0 Å². The van der Waals surface area contributed by atoms with E-state index in [1.54, 1.807) is 6.07 Å². The van der Waals surface area contributed by atoms with E-state index in [0.717, 1.165) is 0 Å². The summed E-state index contributed by atoms with van der Waals surface area (Å²) in [5.41, 5.74) is 0.335. The van der Waals surface area contributed by atoms with Crippen LogP contribution < -0.4 is 4.74 Å². The lowest BCUT2D eigenvalue weighted by Crippen LogP contribution is -1.95. The van der Waals surface area contributed by atoms with Gasteiger partial charge < -0.3 is 4.74 Å². The van der Waals surface area contributed by atoms with Gasteiger partial charge in [0, 0.05) is 0 Å². The first kappa shape index (κ1) is 10.6. The van der Waals surface area contributed by atoms with Crippen molar-refractivity contribution in [3.05, 3.63) is 36.7 Å². The van der Waals surface area contributed by atoms with Crippen molar-refractivity contribution < 1.29 is 9.13 Å². The van der Waals surface area contributed by atoms with Crippen molar-refractivity contribution in [2.45, 2.75) is 0 Å². The minimum Gasteiger partial charge on any atom is -0.484 e. The summed E-state index contributed by atoms with van der Waals surface area (Å²) < 4.78 is 18.3. The summed E-state index contributed by atoms with van der Waals surface area (Å²) in [7, 11) is 0. The standard InChI is InChI=1S/C10H8FNOS/c1-2-6-13-10-8(11)4-3-5-9(10)12-7-14/h2-5H,1,6H2. The Morgan fingerprint density at radius 1 is 1.64 bits per heavy atom. The Balaban J connectivity index is 3.07. The minimum atomic E-state index is -0.474. The molecule has 0 aliphatic rings. The van der Waals surface area contributed by atoms with Gasteiger partial charge in [0.15, 0.2) is 11.6 Å². The summed E-state index contributed by atoms with van der Waals surface area (Å²) in [6, 6.07) is 4.42. The molecule has 14 heavy (non-hydrogen) atoms. The molecule has 0 radical (unpaired) electrons. The predicted molar refractivity (Wildman–Crippen MR) is 56.8 cm³/mol. The van der Waals surface area contributed by atoms with Crippen LogP contribution in [0.15, 0.2) is 35.8 Å². The third-order valence-corrected chi connectivity index (χ3v) is 1.55. The minimum absolute atomic E-state index is 0.0738. The van der Waals surface area contributed by atoms with Crippen LogP contribution in [0.1, 0.15) is 0 Å². The number of aliphatic imine (C=N–C) groups is 1. The van der Waals surface area contributed by atoms with Crippen molar-refractivity contribution >= 4 is 23.1 Å². The van der Waals surface area contributed by atoms with Gasteiger partial charge in [-0.15, -0.1) is 0 Å². The zero-order valence-corrected chi connectivity index (χ0v) is 8.18. The molecule has 72 valence electrons. The number of hydrogen-bond donors (Lipinski definition) is 0. The Labute approximate surface area is 86.7 Å². The number of thiocarbonyl (C=S) groups is 1. The smallest absolute Gasteiger partial charge is 0.181 e. The maximum absolute atomic E-state index is 13.2. The molecule has 0 aromatic heterocycles. The summed E-state index contributed by atoms with van der Waals surface area (Å²) in [6.07, 6.45) is 1.53. The molecule has 1 rings (SSSR count). The molecule has 0 amide bonds. The first-order valence-corrected chi connectivity index (χ1v) is 4.30. The third kappa shape index (κ3) is 2.49. The van der Waals surface area contributed by atoms with E-state index in [4.69, 9.17) is 4.74 Å². The number of para-hydroxylation sites is 1. The molecule has 0 spiro atoms. The van der Waals surface area contributed by atoms with E-state index in [1.165, 1.54) is 18.2 Å². The van der Waals surface area contributed by atoms with Crippen LogP contribution in [0.3, 0.4) is 0 Å². The second kappa shape index (κ2) is 5.27. The Bertz CT molecular complexity index is 386. The van der Waals surface area contributed by atoms with Crippen molar-refractivity contribution in [2.24, 2.45) is 4.99 Å². The van der Waals surface area contributed by atoms with Gasteiger partial charge in [-0.3, -0.25) is 0 Å². The van der Waals surface area contributed by atoms with Crippen molar-refractivity contribution in [2.75, 3.05) is 6.61 Å². The molecule has 0 saturated heterocycles. The zero-order valence-electron chi connectivity index (χ0n) is 7.37. The Hall–Kier alpha value is -1.51. The van der Waals surface area contributed by atoms with Gasteiger partial charge in [-0.2, -0.15) is 4.99 Å². The maximum atomic E-state index is 13.2. The van der Waals surface area contributed by atoms with Crippen molar-refractivity contribution in [1.29, 1.82) is 0 Å². The van der Waals surface area contributed by atoms with E-state index >= 15 is 0 Å². The van der Waals surface area contributed by atoms with Crippen molar-refractivity contribution in [3.8, 4) is 5.75 Å². The van der Waals surface area contributed by atoms with Gasteiger partial charge in [0.25, 0.3) is 0 Å². The predicted octanol–water partition coefficient (Wildman–Crippen LogP) is 3.12. The first-order chi connectivity index (χ1) is 6.79. The molecule has 4 heteroatoms. The van der Waals surface area contributed by atoms with E-state index in [2.05, 4.69) is 29.0 Å². The van der Waals surface area contributed by atoms with E-state index in [0.29, 0.717) is 5.69 Å². The van der Waals surface area contributed by atoms with E-state index < -0.39 is 5.82 Å². The zero-order chi connectivity index (χ0) is 10.4. The normalized spacial score (nSPS) is 8.93. The average molecular weight is 209 g/mol. The van der Waals surface area contributed by atoms with Gasteiger partial charge in [0.1, 0.15) is 12.3 Å².